The van der Waals surface area contributed by atoms with Crippen molar-refractivity contribution in [1.82, 2.24) is 5.32 Å². The molecular formula is C16H12F3IN2O4. The molecule has 2 rings (SSSR count). The lowest BCUT2D eigenvalue weighted by Gasteiger charge is -2.11. The minimum absolute atomic E-state index is 0.0217. The Morgan fingerprint density at radius 1 is 1.23 bits per heavy atom. The maximum absolute atomic E-state index is 12.6. The van der Waals surface area contributed by atoms with E-state index in [1.54, 1.807) is 0 Å². The monoisotopic (exact) mass is 480 g/mol. The van der Waals surface area contributed by atoms with Crippen molar-refractivity contribution in [2.45, 2.75) is 6.18 Å². The van der Waals surface area contributed by atoms with Gasteiger partial charge in [0.15, 0.2) is 0 Å². The Balaban J connectivity index is 1.92. The smallest absolute Gasteiger partial charge is 0.416 e. The lowest BCUT2D eigenvalue weighted by Crippen LogP contribution is -2.28. The van der Waals surface area contributed by atoms with E-state index in [-0.39, 0.29) is 30.2 Å². The number of halogens is 4. The van der Waals surface area contributed by atoms with Crippen molar-refractivity contribution < 1.29 is 27.6 Å². The topological polar surface area (TPSA) is 81.5 Å². The Morgan fingerprint density at radius 3 is 2.62 bits per heavy atom. The van der Waals surface area contributed by atoms with Crippen LogP contribution in [-0.2, 0) is 6.18 Å². The summed E-state index contributed by atoms with van der Waals surface area (Å²) < 4.78 is 43.6. The van der Waals surface area contributed by atoms with E-state index in [0.717, 1.165) is 18.2 Å². The number of carbonyl (C=O) groups excluding carboxylic acids is 1. The molecule has 6 nitrogen and oxygen atoms in total. The second-order valence-electron chi connectivity index (χ2n) is 5.05. The van der Waals surface area contributed by atoms with Gasteiger partial charge in [0, 0.05) is 15.7 Å². The van der Waals surface area contributed by atoms with Crippen LogP contribution < -0.4 is 10.1 Å². The molecule has 0 unspecified atom stereocenters. The summed E-state index contributed by atoms with van der Waals surface area (Å²) in [6.45, 7) is -0.0353. The fourth-order valence-corrected chi connectivity index (χ4v) is 2.57. The maximum atomic E-state index is 12.6. The predicted molar refractivity (Wildman–Crippen MR) is 95.1 cm³/mol. The minimum atomic E-state index is -4.47. The molecule has 0 fully saturated rings. The van der Waals surface area contributed by atoms with Crippen LogP contribution in [0, 0.1) is 13.7 Å². The van der Waals surface area contributed by atoms with E-state index < -0.39 is 22.6 Å². The lowest BCUT2D eigenvalue weighted by molar-refractivity contribution is -0.384. The summed E-state index contributed by atoms with van der Waals surface area (Å²) in [6, 6.07) is 8.29. The first kappa shape index (κ1) is 19.9. The molecule has 0 radical (unpaired) electrons. The van der Waals surface area contributed by atoms with Gasteiger partial charge in [0.1, 0.15) is 12.4 Å². The van der Waals surface area contributed by atoms with Crippen LogP contribution in [0.1, 0.15) is 15.9 Å². The molecule has 0 saturated carbocycles. The number of hydrogen-bond acceptors (Lipinski definition) is 4. The van der Waals surface area contributed by atoms with Crippen molar-refractivity contribution in [3.8, 4) is 5.75 Å². The molecule has 0 aromatic heterocycles. The van der Waals surface area contributed by atoms with Gasteiger partial charge in [0.05, 0.1) is 22.6 Å². The van der Waals surface area contributed by atoms with Crippen molar-refractivity contribution in [2.24, 2.45) is 0 Å². The predicted octanol–water partition coefficient (Wildman–Crippen LogP) is 4.03. The molecule has 0 saturated heterocycles. The molecule has 0 spiro atoms. The van der Waals surface area contributed by atoms with Gasteiger partial charge in [0.2, 0.25) is 0 Å². The number of rotatable bonds is 6. The highest BCUT2D eigenvalue weighted by atomic mass is 127. The highest BCUT2D eigenvalue weighted by Crippen LogP contribution is 2.31. The van der Waals surface area contributed by atoms with E-state index in [4.69, 9.17) is 4.74 Å². The third kappa shape index (κ3) is 5.31. The van der Waals surface area contributed by atoms with E-state index in [1.165, 1.54) is 24.3 Å². The van der Waals surface area contributed by atoms with Crippen LogP contribution in [0.3, 0.4) is 0 Å². The van der Waals surface area contributed by atoms with Gasteiger partial charge in [0.25, 0.3) is 11.6 Å². The van der Waals surface area contributed by atoms with Gasteiger partial charge >= 0.3 is 6.18 Å². The summed E-state index contributed by atoms with van der Waals surface area (Å²) >= 11 is 1.88. The molecule has 10 heteroatoms. The summed E-state index contributed by atoms with van der Waals surface area (Å²) in [4.78, 5) is 22.3. The molecule has 2 aromatic rings. The number of nitro groups is 1. The quantitative estimate of drug-likeness (QED) is 0.293. The van der Waals surface area contributed by atoms with Crippen molar-refractivity contribution >= 4 is 34.2 Å². The van der Waals surface area contributed by atoms with Gasteiger partial charge in [-0.15, -0.1) is 0 Å². The summed E-state index contributed by atoms with van der Waals surface area (Å²) in [7, 11) is 0. The van der Waals surface area contributed by atoms with Gasteiger partial charge in [-0.3, -0.25) is 14.9 Å². The fraction of sp³-hybridized carbons (Fsp3) is 0.188. The third-order valence-electron chi connectivity index (χ3n) is 3.22. The number of carbonyl (C=O) groups is 1. The number of amides is 1. The second-order valence-corrected chi connectivity index (χ2v) is 6.21. The largest absolute Gasteiger partial charge is 0.492 e. The van der Waals surface area contributed by atoms with Gasteiger partial charge in [-0.1, -0.05) is 6.07 Å². The number of alkyl halides is 3. The lowest BCUT2D eigenvalue weighted by atomic mass is 10.2. The normalized spacial score (nSPS) is 11.1. The Kier molecular flexibility index (Phi) is 6.40. The van der Waals surface area contributed by atoms with E-state index in [2.05, 4.69) is 5.32 Å². The molecule has 1 amide bonds. The van der Waals surface area contributed by atoms with E-state index in [1.807, 2.05) is 22.6 Å². The van der Waals surface area contributed by atoms with Crippen molar-refractivity contribution in [1.29, 1.82) is 0 Å². The summed E-state index contributed by atoms with van der Waals surface area (Å²) in [5.74, 6) is -0.509. The number of ether oxygens (including phenoxy) is 1. The van der Waals surface area contributed by atoms with Crippen LogP contribution in [0.4, 0.5) is 18.9 Å². The van der Waals surface area contributed by atoms with Crippen LogP contribution in [0.15, 0.2) is 42.5 Å². The number of non-ortho nitro benzene ring substituents is 1. The van der Waals surface area contributed by atoms with Gasteiger partial charge in [-0.25, -0.2) is 0 Å². The van der Waals surface area contributed by atoms with Gasteiger partial charge in [-0.05, 0) is 46.9 Å². The van der Waals surface area contributed by atoms with Gasteiger partial charge in [-0.2, -0.15) is 13.2 Å². The molecule has 2 aromatic carbocycles. The van der Waals surface area contributed by atoms with Crippen LogP contribution in [0.5, 0.6) is 5.75 Å². The van der Waals surface area contributed by atoms with E-state index >= 15 is 0 Å². The van der Waals surface area contributed by atoms with Crippen LogP contribution >= 0.6 is 22.6 Å². The van der Waals surface area contributed by atoms with E-state index in [9.17, 15) is 28.1 Å². The summed E-state index contributed by atoms with van der Waals surface area (Å²) in [5, 5.41) is 13.3. The first-order valence-electron chi connectivity index (χ1n) is 7.20. The van der Waals surface area contributed by atoms with Crippen LogP contribution in [0.25, 0.3) is 0 Å². The molecule has 0 heterocycles. The SMILES string of the molecule is O=C(NCCOc1cccc(C(F)(F)F)c1)c1cc([N+](=O)[O-])ccc1I. The maximum Gasteiger partial charge on any atom is 0.416 e. The number of hydrogen-bond donors (Lipinski definition) is 1. The average molecular weight is 480 g/mol. The zero-order chi connectivity index (χ0) is 19.3. The first-order chi connectivity index (χ1) is 12.2. The minimum Gasteiger partial charge on any atom is -0.492 e. The molecule has 0 aliphatic carbocycles. The zero-order valence-corrected chi connectivity index (χ0v) is 15.2. The molecule has 0 atom stereocenters. The highest BCUT2D eigenvalue weighted by molar-refractivity contribution is 14.1. The average Bonchev–Trinajstić information content (AvgIpc) is 2.58. The molecule has 26 heavy (non-hydrogen) atoms. The molecule has 138 valence electrons. The summed E-state index contributed by atoms with van der Waals surface area (Å²) in [6.07, 6.45) is -4.47. The Bertz CT molecular complexity index is 827. The highest BCUT2D eigenvalue weighted by Gasteiger charge is 2.30. The molecule has 0 aliphatic rings. The van der Waals surface area contributed by atoms with E-state index in [0.29, 0.717) is 3.57 Å². The Labute approximate surface area is 159 Å². The molecule has 0 bridgehead atoms. The second kappa shape index (κ2) is 8.34. The first-order valence-corrected chi connectivity index (χ1v) is 8.28. The fourth-order valence-electron chi connectivity index (χ4n) is 1.99. The summed E-state index contributed by atoms with van der Waals surface area (Å²) in [5.41, 5.74) is -0.903. The van der Waals surface area contributed by atoms with Crippen LogP contribution in [-0.4, -0.2) is 24.0 Å². The van der Waals surface area contributed by atoms with Crippen molar-refractivity contribution in [2.75, 3.05) is 13.2 Å². The van der Waals surface area contributed by atoms with Crippen molar-refractivity contribution in [3.05, 3.63) is 67.3 Å². The number of nitrogens with zero attached hydrogens (tertiary/aromatic N) is 1. The molecule has 0 aliphatic heterocycles. The number of nitro benzene ring substituents is 1. The third-order valence-corrected chi connectivity index (χ3v) is 4.16. The Hall–Kier alpha value is -2.37. The number of benzene rings is 2. The van der Waals surface area contributed by atoms with Crippen molar-refractivity contribution in [3.63, 3.8) is 0 Å². The van der Waals surface area contributed by atoms with Gasteiger partial charge < -0.3 is 10.1 Å². The zero-order valence-electron chi connectivity index (χ0n) is 13.0. The van der Waals surface area contributed by atoms with Crippen LogP contribution in [0.2, 0.25) is 0 Å². The number of nitrogens with one attached hydrogen (secondary N) is 1. The molecular weight excluding hydrogens is 468 g/mol. The molecule has 1 N–H and O–H groups in total. The standard InChI is InChI=1S/C16H12F3IN2O4/c17-16(18,19)10-2-1-3-12(8-10)26-7-6-21-15(23)13-9-11(22(24)25)4-5-14(13)20/h1-5,8-9H,6-7H2,(H,21,23). The Morgan fingerprint density at radius 2 is 1.96 bits per heavy atom.